The van der Waals surface area contributed by atoms with Crippen molar-refractivity contribution < 1.29 is 18.8 Å². The minimum atomic E-state index is -0.279. The number of quaternary nitrogens is 1. The summed E-state index contributed by atoms with van der Waals surface area (Å²) in [4.78, 5) is 13.9. The van der Waals surface area contributed by atoms with Crippen molar-refractivity contribution in [3.05, 3.63) is 65.5 Å². The highest BCUT2D eigenvalue weighted by Crippen LogP contribution is 2.29. The summed E-state index contributed by atoms with van der Waals surface area (Å²) in [5, 5.41) is 3.01. The highest BCUT2D eigenvalue weighted by atomic mass is 19.1. The molecular formula is C23H32FN2O2+. The minimum Gasteiger partial charge on any atom is -0.491 e. The van der Waals surface area contributed by atoms with Crippen molar-refractivity contribution in [2.75, 3.05) is 27.2 Å². The first-order chi connectivity index (χ1) is 13.3. The molecule has 4 nitrogen and oxygen atoms in total. The first-order valence-electron chi connectivity index (χ1n) is 9.93. The fraction of sp³-hybridized carbons (Fsp3) is 0.435. The van der Waals surface area contributed by atoms with Crippen LogP contribution in [0.3, 0.4) is 0 Å². The van der Waals surface area contributed by atoms with Crippen molar-refractivity contribution in [1.29, 1.82) is 0 Å². The van der Waals surface area contributed by atoms with Crippen LogP contribution < -0.4 is 15.0 Å². The summed E-state index contributed by atoms with van der Waals surface area (Å²) < 4.78 is 19.1. The predicted octanol–water partition coefficient (Wildman–Crippen LogP) is 2.79. The van der Waals surface area contributed by atoms with E-state index in [0.29, 0.717) is 13.0 Å². The van der Waals surface area contributed by atoms with Crippen LogP contribution in [0, 0.1) is 5.82 Å². The average Bonchev–Trinajstić information content (AvgIpc) is 2.64. The molecule has 0 saturated carbocycles. The van der Waals surface area contributed by atoms with Crippen molar-refractivity contribution in [3.63, 3.8) is 0 Å². The van der Waals surface area contributed by atoms with E-state index in [9.17, 15) is 9.18 Å². The fourth-order valence-corrected chi connectivity index (χ4v) is 3.10. The van der Waals surface area contributed by atoms with Gasteiger partial charge >= 0.3 is 0 Å². The molecule has 2 aromatic rings. The van der Waals surface area contributed by atoms with E-state index in [1.54, 1.807) is 12.1 Å². The summed E-state index contributed by atoms with van der Waals surface area (Å²) in [5.74, 6) is 0.393. The number of ether oxygens (including phenoxy) is 1. The number of carbonyl (C=O) groups is 1. The number of nitrogens with one attached hydrogen (secondary N) is 2. The second-order valence-corrected chi connectivity index (χ2v) is 7.70. The molecule has 0 bridgehead atoms. The zero-order chi connectivity index (χ0) is 20.5. The quantitative estimate of drug-likeness (QED) is 0.616. The van der Waals surface area contributed by atoms with Gasteiger partial charge in [-0.25, -0.2) is 4.39 Å². The molecule has 0 heterocycles. The van der Waals surface area contributed by atoms with Crippen LogP contribution in [0.1, 0.15) is 43.7 Å². The Bertz CT molecular complexity index is 727. The standard InChI is InChI=1S/C23H31FN2O2/c1-17(2)28-21-12-8-19(9-13-21)22(18-6-10-20(24)11-7-18)16-23(27)25-14-5-15-26(3)4/h6-13,17,22H,5,14-16H2,1-4H3,(H,25,27)/p+1/t22-/m1/s1. The Morgan fingerprint density at radius 1 is 1.04 bits per heavy atom. The molecular weight excluding hydrogens is 355 g/mol. The molecule has 0 radical (unpaired) electrons. The summed E-state index contributed by atoms with van der Waals surface area (Å²) >= 11 is 0. The van der Waals surface area contributed by atoms with Crippen molar-refractivity contribution in [2.45, 2.75) is 38.7 Å². The summed E-state index contributed by atoms with van der Waals surface area (Å²) in [6, 6.07) is 14.2. The molecule has 0 unspecified atom stereocenters. The summed E-state index contributed by atoms with van der Waals surface area (Å²) in [7, 11) is 4.19. The van der Waals surface area contributed by atoms with Crippen molar-refractivity contribution in [3.8, 4) is 5.75 Å². The van der Waals surface area contributed by atoms with E-state index in [-0.39, 0.29) is 23.7 Å². The van der Waals surface area contributed by atoms with Gasteiger partial charge in [0.2, 0.25) is 5.91 Å². The van der Waals surface area contributed by atoms with Gasteiger partial charge in [0.05, 0.1) is 26.7 Å². The van der Waals surface area contributed by atoms with E-state index in [2.05, 4.69) is 19.4 Å². The molecule has 0 spiro atoms. The van der Waals surface area contributed by atoms with Gasteiger partial charge in [-0.1, -0.05) is 24.3 Å². The van der Waals surface area contributed by atoms with Crippen LogP contribution in [0.2, 0.25) is 0 Å². The molecule has 0 aliphatic heterocycles. The van der Waals surface area contributed by atoms with Crippen LogP contribution in [0.4, 0.5) is 4.39 Å². The van der Waals surface area contributed by atoms with Gasteiger partial charge in [0.15, 0.2) is 0 Å². The van der Waals surface area contributed by atoms with Gasteiger partial charge in [0.1, 0.15) is 11.6 Å². The van der Waals surface area contributed by atoms with E-state index in [4.69, 9.17) is 4.74 Å². The maximum Gasteiger partial charge on any atom is 0.220 e. The van der Waals surface area contributed by atoms with E-state index in [0.717, 1.165) is 29.8 Å². The Labute approximate surface area is 167 Å². The SMILES string of the molecule is CC(C)Oc1ccc([C@H](CC(=O)NCCC[NH+](C)C)c2ccc(F)cc2)cc1. The van der Waals surface area contributed by atoms with Crippen LogP contribution in [-0.4, -0.2) is 39.2 Å². The van der Waals surface area contributed by atoms with Gasteiger partial charge in [0.25, 0.3) is 0 Å². The number of benzene rings is 2. The third kappa shape index (κ3) is 7.31. The zero-order valence-corrected chi connectivity index (χ0v) is 17.3. The Morgan fingerprint density at radius 3 is 2.14 bits per heavy atom. The molecule has 0 aliphatic rings. The molecule has 0 saturated heterocycles. The topological polar surface area (TPSA) is 42.8 Å². The molecule has 0 aromatic heterocycles. The fourth-order valence-electron chi connectivity index (χ4n) is 3.10. The molecule has 5 heteroatoms. The van der Waals surface area contributed by atoms with Crippen LogP contribution in [0.25, 0.3) is 0 Å². The third-order valence-electron chi connectivity index (χ3n) is 4.49. The van der Waals surface area contributed by atoms with Gasteiger partial charge in [-0.05, 0) is 49.2 Å². The lowest BCUT2D eigenvalue weighted by Crippen LogP contribution is -3.05. The normalized spacial score (nSPS) is 12.2. The van der Waals surface area contributed by atoms with Gasteiger partial charge in [0, 0.05) is 25.3 Å². The van der Waals surface area contributed by atoms with Crippen LogP contribution in [0.15, 0.2) is 48.5 Å². The lowest BCUT2D eigenvalue weighted by Gasteiger charge is -2.19. The van der Waals surface area contributed by atoms with Crippen LogP contribution in [0.5, 0.6) is 5.75 Å². The van der Waals surface area contributed by atoms with E-state index < -0.39 is 0 Å². The summed E-state index contributed by atoms with van der Waals surface area (Å²) in [5.41, 5.74) is 1.93. The van der Waals surface area contributed by atoms with Crippen molar-refractivity contribution in [1.82, 2.24) is 5.32 Å². The molecule has 152 valence electrons. The number of carbonyl (C=O) groups excluding carboxylic acids is 1. The Kier molecular flexibility index (Phi) is 8.45. The number of hydrogen-bond acceptors (Lipinski definition) is 2. The lowest BCUT2D eigenvalue weighted by molar-refractivity contribution is -0.858. The first-order valence-corrected chi connectivity index (χ1v) is 9.93. The molecule has 2 N–H and O–H groups in total. The largest absolute Gasteiger partial charge is 0.491 e. The Hall–Kier alpha value is -2.40. The Morgan fingerprint density at radius 2 is 1.61 bits per heavy atom. The second-order valence-electron chi connectivity index (χ2n) is 7.70. The monoisotopic (exact) mass is 387 g/mol. The smallest absolute Gasteiger partial charge is 0.220 e. The van der Waals surface area contributed by atoms with Gasteiger partial charge in [-0.15, -0.1) is 0 Å². The van der Waals surface area contributed by atoms with Gasteiger partial charge in [-0.2, -0.15) is 0 Å². The van der Waals surface area contributed by atoms with Crippen molar-refractivity contribution >= 4 is 5.91 Å². The minimum absolute atomic E-state index is 0.00517. The maximum absolute atomic E-state index is 13.4. The van der Waals surface area contributed by atoms with E-state index in [1.165, 1.54) is 17.0 Å². The Balaban J connectivity index is 2.11. The molecule has 0 aliphatic carbocycles. The summed E-state index contributed by atoms with van der Waals surface area (Å²) in [6.45, 7) is 5.65. The van der Waals surface area contributed by atoms with Crippen LogP contribution >= 0.6 is 0 Å². The highest BCUT2D eigenvalue weighted by Gasteiger charge is 2.19. The molecule has 2 rings (SSSR count). The average molecular weight is 388 g/mol. The first kappa shape index (κ1) is 21.9. The molecule has 1 atom stereocenters. The summed E-state index contributed by atoms with van der Waals surface area (Å²) in [6.07, 6.45) is 1.37. The van der Waals surface area contributed by atoms with Gasteiger partial charge < -0.3 is 15.0 Å². The van der Waals surface area contributed by atoms with E-state index in [1.807, 2.05) is 38.1 Å². The molecule has 2 aromatic carbocycles. The van der Waals surface area contributed by atoms with Crippen molar-refractivity contribution in [2.24, 2.45) is 0 Å². The molecule has 0 fully saturated rings. The number of halogens is 1. The second kappa shape index (κ2) is 10.8. The molecule has 28 heavy (non-hydrogen) atoms. The zero-order valence-electron chi connectivity index (χ0n) is 17.3. The van der Waals surface area contributed by atoms with E-state index >= 15 is 0 Å². The third-order valence-corrected chi connectivity index (χ3v) is 4.49. The lowest BCUT2D eigenvalue weighted by atomic mass is 9.88. The molecule has 1 amide bonds. The number of amides is 1. The number of rotatable bonds is 10. The number of hydrogen-bond donors (Lipinski definition) is 2. The predicted molar refractivity (Wildman–Crippen MR) is 110 cm³/mol. The van der Waals surface area contributed by atoms with Crippen LogP contribution in [-0.2, 0) is 4.79 Å². The highest BCUT2D eigenvalue weighted by molar-refractivity contribution is 5.77. The maximum atomic E-state index is 13.4. The van der Waals surface area contributed by atoms with Gasteiger partial charge in [-0.3, -0.25) is 4.79 Å².